The third-order valence-electron chi connectivity index (χ3n) is 3.71. The van der Waals surface area contributed by atoms with E-state index in [9.17, 15) is 14.9 Å². The third-order valence-corrected chi connectivity index (χ3v) is 3.71. The number of azo groups is 1. The van der Waals surface area contributed by atoms with Gasteiger partial charge in [-0.05, 0) is 37.6 Å². The Hall–Kier alpha value is -3.42. The van der Waals surface area contributed by atoms with Crippen molar-refractivity contribution in [3.63, 3.8) is 0 Å². The van der Waals surface area contributed by atoms with Crippen LogP contribution in [-0.2, 0) is 4.79 Å². The Bertz CT molecular complexity index is 892. The van der Waals surface area contributed by atoms with E-state index in [1.165, 1.54) is 17.1 Å². The number of nitro benzene ring substituents is 1. The summed E-state index contributed by atoms with van der Waals surface area (Å²) in [6.45, 7) is 3.43. The second-order valence-corrected chi connectivity index (χ2v) is 5.59. The topological polar surface area (TPSA) is 101 Å². The van der Waals surface area contributed by atoms with Gasteiger partial charge in [-0.2, -0.15) is 15.2 Å². The summed E-state index contributed by atoms with van der Waals surface area (Å²) >= 11 is 0. The Morgan fingerprint density at radius 1 is 1.16 bits per heavy atom. The molecule has 2 aromatic rings. The largest absolute Gasteiger partial charge is 0.296 e. The molecule has 25 heavy (non-hydrogen) atoms. The van der Waals surface area contributed by atoms with E-state index in [1.54, 1.807) is 44.2 Å². The molecule has 0 aliphatic carbocycles. The molecule has 126 valence electrons. The van der Waals surface area contributed by atoms with Crippen molar-refractivity contribution in [2.24, 2.45) is 15.3 Å². The maximum atomic E-state index is 12.5. The average molecular weight is 337 g/mol. The number of hydrazone groups is 1. The SMILES string of the molecule is CC1=NN(c2ccccc2)C(=O)[C@@H]1N=Nc1ccc(C)cc1[N+](=O)[O-]. The van der Waals surface area contributed by atoms with Gasteiger partial charge in [0.2, 0.25) is 0 Å². The number of nitro groups is 1. The zero-order chi connectivity index (χ0) is 18.0. The minimum absolute atomic E-state index is 0.106. The van der Waals surface area contributed by atoms with Crippen LogP contribution >= 0.6 is 0 Å². The molecule has 0 fully saturated rings. The molecular formula is C17H15N5O3. The number of carbonyl (C=O) groups excluding carboxylic acids is 1. The van der Waals surface area contributed by atoms with Gasteiger partial charge in [0.15, 0.2) is 11.7 Å². The zero-order valence-electron chi connectivity index (χ0n) is 13.7. The van der Waals surface area contributed by atoms with Gasteiger partial charge in [-0.3, -0.25) is 14.9 Å². The number of para-hydroxylation sites is 1. The number of carbonyl (C=O) groups is 1. The van der Waals surface area contributed by atoms with E-state index < -0.39 is 11.0 Å². The van der Waals surface area contributed by atoms with Crippen molar-refractivity contribution < 1.29 is 9.72 Å². The molecular weight excluding hydrogens is 322 g/mol. The summed E-state index contributed by atoms with van der Waals surface area (Å²) in [5.74, 6) is -0.345. The second kappa shape index (κ2) is 6.60. The van der Waals surface area contributed by atoms with Crippen LogP contribution in [0.15, 0.2) is 63.9 Å². The van der Waals surface area contributed by atoms with Crippen molar-refractivity contribution >= 4 is 28.7 Å². The molecule has 0 saturated heterocycles. The smallest absolute Gasteiger partial charge is 0.269 e. The van der Waals surface area contributed by atoms with Gasteiger partial charge in [-0.25, -0.2) is 0 Å². The molecule has 0 radical (unpaired) electrons. The van der Waals surface area contributed by atoms with Crippen LogP contribution in [0.25, 0.3) is 0 Å². The highest BCUT2D eigenvalue weighted by Crippen LogP contribution is 2.29. The highest BCUT2D eigenvalue weighted by Gasteiger charge is 2.34. The molecule has 0 aromatic heterocycles. The van der Waals surface area contributed by atoms with Crippen LogP contribution in [0.4, 0.5) is 17.1 Å². The Morgan fingerprint density at radius 2 is 1.88 bits per heavy atom. The fourth-order valence-corrected chi connectivity index (χ4v) is 2.43. The number of hydrogen-bond donors (Lipinski definition) is 0. The number of hydrogen-bond acceptors (Lipinski definition) is 6. The second-order valence-electron chi connectivity index (χ2n) is 5.59. The van der Waals surface area contributed by atoms with Crippen LogP contribution in [0.3, 0.4) is 0 Å². The van der Waals surface area contributed by atoms with Gasteiger partial charge >= 0.3 is 0 Å². The van der Waals surface area contributed by atoms with Gasteiger partial charge < -0.3 is 0 Å². The Labute approximate surface area is 143 Å². The number of aryl methyl sites for hydroxylation is 1. The lowest BCUT2D eigenvalue weighted by atomic mass is 10.2. The summed E-state index contributed by atoms with van der Waals surface area (Å²) in [6.07, 6.45) is 0. The molecule has 1 atom stereocenters. The van der Waals surface area contributed by atoms with E-state index in [2.05, 4.69) is 15.3 Å². The maximum Gasteiger partial charge on any atom is 0.296 e. The van der Waals surface area contributed by atoms with Gasteiger partial charge in [-0.15, -0.1) is 5.11 Å². The van der Waals surface area contributed by atoms with Gasteiger partial charge in [0.1, 0.15) is 0 Å². The van der Waals surface area contributed by atoms with Crippen LogP contribution in [0, 0.1) is 17.0 Å². The molecule has 1 aliphatic heterocycles. The predicted octanol–water partition coefficient (Wildman–Crippen LogP) is 3.78. The van der Waals surface area contributed by atoms with E-state index in [0.29, 0.717) is 11.4 Å². The molecule has 8 nitrogen and oxygen atoms in total. The Kier molecular flexibility index (Phi) is 4.34. The summed E-state index contributed by atoms with van der Waals surface area (Å²) in [6, 6.07) is 12.7. The van der Waals surface area contributed by atoms with Crippen LogP contribution in [-0.4, -0.2) is 22.6 Å². The fourth-order valence-electron chi connectivity index (χ4n) is 2.43. The number of amides is 1. The quantitative estimate of drug-likeness (QED) is 0.482. The first kappa shape index (κ1) is 16.4. The number of anilines is 1. The monoisotopic (exact) mass is 337 g/mol. The first-order valence-electron chi connectivity index (χ1n) is 7.57. The lowest BCUT2D eigenvalue weighted by molar-refractivity contribution is -0.384. The van der Waals surface area contributed by atoms with Crippen molar-refractivity contribution in [3.05, 3.63) is 64.2 Å². The lowest BCUT2D eigenvalue weighted by Gasteiger charge is -2.11. The molecule has 0 bridgehead atoms. The van der Waals surface area contributed by atoms with Crippen molar-refractivity contribution in [3.8, 4) is 0 Å². The molecule has 8 heteroatoms. The number of nitrogens with zero attached hydrogens (tertiary/aromatic N) is 5. The van der Waals surface area contributed by atoms with Crippen LogP contribution in [0.5, 0.6) is 0 Å². The van der Waals surface area contributed by atoms with Crippen molar-refractivity contribution in [1.82, 2.24) is 0 Å². The summed E-state index contributed by atoms with van der Waals surface area (Å²) in [5.41, 5.74) is 1.81. The normalized spacial score (nSPS) is 17.2. The van der Waals surface area contributed by atoms with E-state index in [4.69, 9.17) is 0 Å². The molecule has 0 saturated carbocycles. The van der Waals surface area contributed by atoms with Gasteiger partial charge in [-0.1, -0.05) is 24.3 Å². The molecule has 1 amide bonds. The van der Waals surface area contributed by atoms with Gasteiger partial charge in [0.05, 0.1) is 16.3 Å². The summed E-state index contributed by atoms with van der Waals surface area (Å²) in [4.78, 5) is 23.2. The Morgan fingerprint density at radius 3 is 2.56 bits per heavy atom. The summed E-state index contributed by atoms with van der Waals surface area (Å²) in [5, 5.41) is 24.6. The average Bonchev–Trinajstić information content (AvgIpc) is 2.89. The fraction of sp³-hybridized carbons (Fsp3) is 0.176. The van der Waals surface area contributed by atoms with Crippen molar-refractivity contribution in [2.45, 2.75) is 19.9 Å². The summed E-state index contributed by atoms with van der Waals surface area (Å²) in [7, 11) is 0. The van der Waals surface area contributed by atoms with Crippen LogP contribution in [0.2, 0.25) is 0 Å². The predicted molar refractivity (Wildman–Crippen MR) is 93.2 cm³/mol. The molecule has 1 aliphatic rings. The number of benzene rings is 2. The minimum Gasteiger partial charge on any atom is -0.269 e. The third kappa shape index (κ3) is 3.27. The zero-order valence-corrected chi connectivity index (χ0v) is 13.7. The maximum absolute atomic E-state index is 12.5. The lowest BCUT2D eigenvalue weighted by Crippen LogP contribution is -2.29. The highest BCUT2D eigenvalue weighted by atomic mass is 16.6. The van der Waals surface area contributed by atoms with Gasteiger partial charge in [0.25, 0.3) is 11.6 Å². The molecule has 0 N–H and O–H groups in total. The van der Waals surface area contributed by atoms with Crippen LogP contribution in [0.1, 0.15) is 12.5 Å². The van der Waals surface area contributed by atoms with Crippen LogP contribution < -0.4 is 5.01 Å². The summed E-state index contributed by atoms with van der Waals surface area (Å²) < 4.78 is 0. The molecule has 0 unspecified atom stereocenters. The number of rotatable bonds is 4. The van der Waals surface area contributed by atoms with E-state index in [0.717, 1.165) is 5.56 Å². The van der Waals surface area contributed by atoms with E-state index in [-0.39, 0.29) is 17.3 Å². The first-order valence-corrected chi connectivity index (χ1v) is 7.57. The van der Waals surface area contributed by atoms with Crippen molar-refractivity contribution in [1.29, 1.82) is 0 Å². The standard InChI is InChI=1S/C17H15N5O3/c1-11-8-9-14(15(10-11)22(24)25)18-19-16-12(2)20-21(17(16)23)13-6-4-3-5-7-13/h3-10,16H,1-2H3/t16-/m1/s1. The molecule has 1 heterocycles. The molecule has 2 aromatic carbocycles. The van der Waals surface area contributed by atoms with Crippen molar-refractivity contribution in [2.75, 3.05) is 5.01 Å². The minimum atomic E-state index is -0.888. The Balaban J connectivity index is 1.87. The van der Waals surface area contributed by atoms with E-state index in [1.807, 2.05) is 6.07 Å². The first-order chi connectivity index (χ1) is 12.0. The van der Waals surface area contributed by atoms with E-state index >= 15 is 0 Å². The highest BCUT2D eigenvalue weighted by molar-refractivity contribution is 6.18. The van der Waals surface area contributed by atoms with Gasteiger partial charge in [0, 0.05) is 6.07 Å². The molecule has 0 spiro atoms. The molecule has 3 rings (SSSR count).